The monoisotopic (exact) mass is 295 g/mol. The molecule has 0 amide bonds. The first-order valence-corrected chi connectivity index (χ1v) is 7.89. The largest absolute Gasteiger partial charge is 0.357 e. The zero-order chi connectivity index (χ0) is 15.6. The number of nitrogens with zero attached hydrogens (tertiary/aromatic N) is 1. The van der Waals surface area contributed by atoms with Crippen molar-refractivity contribution in [2.45, 2.75) is 19.3 Å². The highest BCUT2D eigenvalue weighted by atomic mass is 15.2. The number of aliphatic imine (C=N–C) groups is 1. The van der Waals surface area contributed by atoms with Gasteiger partial charge in [-0.2, -0.15) is 0 Å². The Labute approximate surface area is 133 Å². The lowest BCUT2D eigenvalue weighted by Gasteiger charge is -2.19. The summed E-state index contributed by atoms with van der Waals surface area (Å²) in [7, 11) is 1.80. The molecule has 22 heavy (non-hydrogen) atoms. The fraction of sp³-hybridized carbons (Fsp3) is 0.316. The van der Waals surface area contributed by atoms with Crippen LogP contribution in [0.25, 0.3) is 0 Å². The van der Waals surface area contributed by atoms with Gasteiger partial charge in [0.2, 0.25) is 0 Å². The van der Waals surface area contributed by atoms with Crippen LogP contribution in [-0.2, 0) is 0 Å². The van der Waals surface area contributed by atoms with Crippen molar-refractivity contribution in [3.05, 3.63) is 71.8 Å². The molecule has 2 aromatic rings. The third kappa shape index (κ3) is 4.62. The SMILES string of the molecule is CCNC(=NC)NCCC(c1ccccc1)c1ccccc1. The van der Waals surface area contributed by atoms with Crippen molar-refractivity contribution in [2.24, 2.45) is 4.99 Å². The van der Waals surface area contributed by atoms with Crippen molar-refractivity contribution in [3.63, 3.8) is 0 Å². The molecule has 0 aliphatic rings. The molecule has 2 rings (SSSR count). The molecule has 3 heteroatoms. The highest BCUT2D eigenvalue weighted by Gasteiger charge is 2.13. The van der Waals surface area contributed by atoms with E-state index < -0.39 is 0 Å². The van der Waals surface area contributed by atoms with Gasteiger partial charge in [0.05, 0.1) is 0 Å². The fourth-order valence-corrected chi connectivity index (χ4v) is 2.62. The second-order valence-corrected chi connectivity index (χ2v) is 5.19. The van der Waals surface area contributed by atoms with Crippen LogP contribution in [0.15, 0.2) is 65.7 Å². The minimum atomic E-state index is 0.398. The summed E-state index contributed by atoms with van der Waals surface area (Å²) in [4.78, 5) is 4.21. The Kier molecular flexibility index (Phi) is 6.49. The predicted octanol–water partition coefficient (Wildman–Crippen LogP) is 3.39. The van der Waals surface area contributed by atoms with E-state index in [0.29, 0.717) is 5.92 Å². The molecule has 0 aliphatic heterocycles. The van der Waals surface area contributed by atoms with Crippen LogP contribution in [0.2, 0.25) is 0 Å². The predicted molar refractivity (Wildman–Crippen MR) is 94.4 cm³/mol. The molecular weight excluding hydrogens is 270 g/mol. The molecule has 3 nitrogen and oxygen atoms in total. The van der Waals surface area contributed by atoms with Crippen molar-refractivity contribution >= 4 is 5.96 Å². The van der Waals surface area contributed by atoms with Gasteiger partial charge in [0.1, 0.15) is 0 Å². The van der Waals surface area contributed by atoms with Crippen LogP contribution in [0.3, 0.4) is 0 Å². The van der Waals surface area contributed by atoms with E-state index in [0.717, 1.165) is 25.5 Å². The van der Waals surface area contributed by atoms with Crippen LogP contribution < -0.4 is 10.6 Å². The Morgan fingerprint density at radius 2 is 1.45 bits per heavy atom. The molecule has 0 unspecified atom stereocenters. The van der Waals surface area contributed by atoms with Gasteiger partial charge in [-0.15, -0.1) is 0 Å². The fourth-order valence-electron chi connectivity index (χ4n) is 2.62. The normalized spacial score (nSPS) is 11.5. The second kappa shape index (κ2) is 8.88. The summed E-state index contributed by atoms with van der Waals surface area (Å²) in [5, 5.41) is 6.60. The minimum absolute atomic E-state index is 0.398. The van der Waals surface area contributed by atoms with Crippen molar-refractivity contribution in [1.82, 2.24) is 10.6 Å². The molecule has 0 spiro atoms. The number of hydrogen-bond acceptors (Lipinski definition) is 1. The van der Waals surface area contributed by atoms with E-state index in [9.17, 15) is 0 Å². The summed E-state index contributed by atoms with van der Waals surface area (Å²) < 4.78 is 0. The van der Waals surface area contributed by atoms with E-state index in [1.807, 2.05) is 0 Å². The summed E-state index contributed by atoms with van der Waals surface area (Å²) in [6.07, 6.45) is 1.03. The third-order valence-corrected chi connectivity index (χ3v) is 3.70. The number of nitrogens with one attached hydrogen (secondary N) is 2. The lowest BCUT2D eigenvalue weighted by molar-refractivity contribution is 0.681. The maximum Gasteiger partial charge on any atom is 0.190 e. The molecule has 2 N–H and O–H groups in total. The van der Waals surface area contributed by atoms with E-state index in [4.69, 9.17) is 0 Å². The van der Waals surface area contributed by atoms with Gasteiger partial charge in [-0.05, 0) is 24.5 Å². The second-order valence-electron chi connectivity index (χ2n) is 5.19. The molecule has 0 aliphatic carbocycles. The van der Waals surface area contributed by atoms with Gasteiger partial charge < -0.3 is 10.6 Å². The van der Waals surface area contributed by atoms with Crippen LogP contribution in [0, 0.1) is 0 Å². The Bertz CT molecular complexity index is 524. The van der Waals surface area contributed by atoms with Crippen LogP contribution in [0.5, 0.6) is 0 Å². The Hall–Kier alpha value is -2.29. The molecular formula is C19H25N3. The standard InChI is InChI=1S/C19H25N3/c1-3-21-19(20-2)22-15-14-18(16-10-6-4-7-11-16)17-12-8-5-9-13-17/h4-13,18H,3,14-15H2,1-2H3,(H2,20,21,22). The minimum Gasteiger partial charge on any atom is -0.357 e. The number of hydrogen-bond donors (Lipinski definition) is 2. The van der Waals surface area contributed by atoms with Gasteiger partial charge in [-0.3, -0.25) is 4.99 Å². The molecule has 0 aromatic heterocycles. The molecule has 0 heterocycles. The molecule has 0 bridgehead atoms. The van der Waals surface area contributed by atoms with Crippen molar-refractivity contribution < 1.29 is 0 Å². The molecule has 2 aromatic carbocycles. The van der Waals surface area contributed by atoms with Gasteiger partial charge in [0.15, 0.2) is 5.96 Å². The van der Waals surface area contributed by atoms with Crippen LogP contribution in [0.1, 0.15) is 30.4 Å². The van der Waals surface area contributed by atoms with Crippen LogP contribution in [-0.4, -0.2) is 26.1 Å². The average Bonchev–Trinajstić information content (AvgIpc) is 2.59. The highest BCUT2D eigenvalue weighted by molar-refractivity contribution is 5.79. The molecule has 0 radical (unpaired) electrons. The van der Waals surface area contributed by atoms with E-state index in [-0.39, 0.29) is 0 Å². The van der Waals surface area contributed by atoms with Crippen molar-refractivity contribution in [1.29, 1.82) is 0 Å². The third-order valence-electron chi connectivity index (χ3n) is 3.70. The van der Waals surface area contributed by atoms with E-state index in [1.165, 1.54) is 11.1 Å². The molecule has 0 fully saturated rings. The van der Waals surface area contributed by atoms with Crippen LogP contribution in [0.4, 0.5) is 0 Å². The maximum atomic E-state index is 4.21. The zero-order valence-corrected chi connectivity index (χ0v) is 13.4. The summed E-state index contributed by atoms with van der Waals surface area (Å²) >= 11 is 0. The summed E-state index contributed by atoms with van der Waals surface area (Å²) in [5.41, 5.74) is 2.71. The first kappa shape index (κ1) is 16.1. The molecule has 0 atom stereocenters. The van der Waals surface area contributed by atoms with Gasteiger partial charge >= 0.3 is 0 Å². The lowest BCUT2D eigenvalue weighted by Crippen LogP contribution is -2.37. The van der Waals surface area contributed by atoms with E-state index in [1.54, 1.807) is 7.05 Å². The number of guanidine groups is 1. The van der Waals surface area contributed by atoms with E-state index >= 15 is 0 Å². The summed E-state index contributed by atoms with van der Waals surface area (Å²) in [6, 6.07) is 21.4. The summed E-state index contributed by atoms with van der Waals surface area (Å²) in [6.45, 7) is 3.83. The van der Waals surface area contributed by atoms with Crippen molar-refractivity contribution in [2.75, 3.05) is 20.1 Å². The van der Waals surface area contributed by atoms with Gasteiger partial charge in [-0.25, -0.2) is 0 Å². The summed E-state index contributed by atoms with van der Waals surface area (Å²) in [5.74, 6) is 1.26. The average molecular weight is 295 g/mol. The highest BCUT2D eigenvalue weighted by Crippen LogP contribution is 2.27. The Morgan fingerprint density at radius 1 is 0.909 bits per heavy atom. The first-order valence-electron chi connectivity index (χ1n) is 7.89. The Balaban J connectivity index is 2.06. The molecule has 0 saturated carbocycles. The topological polar surface area (TPSA) is 36.4 Å². The van der Waals surface area contributed by atoms with Gasteiger partial charge in [0.25, 0.3) is 0 Å². The van der Waals surface area contributed by atoms with Gasteiger partial charge in [0, 0.05) is 26.1 Å². The molecule has 0 saturated heterocycles. The van der Waals surface area contributed by atoms with Crippen molar-refractivity contribution in [3.8, 4) is 0 Å². The number of benzene rings is 2. The Morgan fingerprint density at radius 3 is 1.91 bits per heavy atom. The molecule has 116 valence electrons. The number of rotatable bonds is 6. The lowest BCUT2D eigenvalue weighted by atomic mass is 9.88. The first-order chi connectivity index (χ1) is 10.8. The van der Waals surface area contributed by atoms with Crippen LogP contribution >= 0.6 is 0 Å². The quantitative estimate of drug-likeness (QED) is 0.633. The van der Waals surface area contributed by atoms with Gasteiger partial charge in [-0.1, -0.05) is 60.7 Å². The maximum absolute atomic E-state index is 4.21. The smallest absolute Gasteiger partial charge is 0.190 e. The zero-order valence-electron chi connectivity index (χ0n) is 13.4. The van der Waals surface area contributed by atoms with E-state index in [2.05, 4.69) is 83.2 Å².